The number of aliphatic hydroxyl groups excluding tert-OH is 1. The third-order valence-corrected chi connectivity index (χ3v) is 6.45. The average molecular weight is 466 g/mol. The zero-order valence-electron chi connectivity index (χ0n) is 18.0. The molecule has 0 saturated carbocycles. The molecule has 0 aliphatic carbocycles. The number of fused-ring (bicyclic) bond motifs is 1. The summed E-state index contributed by atoms with van der Waals surface area (Å²) >= 11 is 12.1. The van der Waals surface area contributed by atoms with Crippen LogP contribution < -0.4 is 5.32 Å². The third kappa shape index (κ3) is 5.83. The Labute approximate surface area is 192 Å². The number of halogens is 2. The molecule has 2 atom stereocenters. The van der Waals surface area contributed by atoms with Gasteiger partial charge in [0, 0.05) is 41.3 Å². The topological polar surface area (TPSA) is 77.6 Å². The van der Waals surface area contributed by atoms with Crippen LogP contribution in [0.25, 0.3) is 17.0 Å². The van der Waals surface area contributed by atoms with Gasteiger partial charge in [0.15, 0.2) is 5.76 Å². The number of carbonyl (C=O) groups is 1. The first-order valence-corrected chi connectivity index (χ1v) is 11.2. The van der Waals surface area contributed by atoms with Gasteiger partial charge in [-0.15, -0.1) is 0 Å². The second-order valence-electron chi connectivity index (χ2n) is 7.97. The lowest BCUT2D eigenvalue weighted by molar-refractivity contribution is -0.121. The van der Waals surface area contributed by atoms with Gasteiger partial charge in [-0.2, -0.15) is 0 Å². The van der Waals surface area contributed by atoms with Gasteiger partial charge in [0.05, 0.1) is 23.8 Å². The van der Waals surface area contributed by atoms with Crippen LogP contribution >= 0.6 is 23.2 Å². The van der Waals surface area contributed by atoms with E-state index in [9.17, 15) is 9.90 Å². The molecule has 0 bridgehead atoms. The summed E-state index contributed by atoms with van der Waals surface area (Å²) in [5.74, 6) is 0.0129. The van der Waals surface area contributed by atoms with Gasteiger partial charge in [0.2, 0.25) is 0 Å². The standard InChI is InChI=1S/C23H29Cl2N3O3/c1-14-9-18(10-15(2)28(14)7-8-29)27-23(30)22(31-3)6-4-5-17-11-16-12-19(24)20(25)13-21(16)26-17/h4-6,11-15,18,26,29H,7-10H2,1-3H3,(H,27,30). The highest BCUT2D eigenvalue weighted by Gasteiger charge is 2.31. The van der Waals surface area contributed by atoms with Crippen molar-refractivity contribution in [3.63, 3.8) is 0 Å². The van der Waals surface area contributed by atoms with Crippen molar-refractivity contribution < 1.29 is 14.6 Å². The van der Waals surface area contributed by atoms with E-state index in [1.807, 2.05) is 18.2 Å². The van der Waals surface area contributed by atoms with Crippen molar-refractivity contribution in [1.82, 2.24) is 15.2 Å². The maximum Gasteiger partial charge on any atom is 0.286 e. The highest BCUT2D eigenvalue weighted by atomic mass is 35.5. The van der Waals surface area contributed by atoms with E-state index in [2.05, 4.69) is 29.0 Å². The fourth-order valence-corrected chi connectivity index (χ4v) is 4.61. The molecular formula is C23H29Cl2N3O3. The summed E-state index contributed by atoms with van der Waals surface area (Å²) in [6, 6.07) is 6.20. The van der Waals surface area contributed by atoms with Crippen molar-refractivity contribution in [2.75, 3.05) is 20.3 Å². The minimum atomic E-state index is -0.234. The van der Waals surface area contributed by atoms with Crippen molar-refractivity contribution in [2.45, 2.75) is 44.8 Å². The first-order chi connectivity index (χ1) is 14.8. The summed E-state index contributed by atoms with van der Waals surface area (Å²) in [7, 11) is 1.49. The largest absolute Gasteiger partial charge is 0.491 e. The van der Waals surface area contributed by atoms with E-state index in [4.69, 9.17) is 27.9 Å². The molecule has 8 heteroatoms. The number of allylic oxidation sites excluding steroid dienone is 2. The van der Waals surface area contributed by atoms with Gasteiger partial charge in [-0.1, -0.05) is 29.3 Å². The highest BCUT2D eigenvalue weighted by Crippen LogP contribution is 2.28. The van der Waals surface area contributed by atoms with Crippen LogP contribution in [0, 0.1) is 0 Å². The van der Waals surface area contributed by atoms with Gasteiger partial charge in [0.1, 0.15) is 0 Å². The van der Waals surface area contributed by atoms with Gasteiger partial charge in [-0.05, 0) is 57.0 Å². The molecule has 1 saturated heterocycles. The number of amides is 1. The molecule has 1 fully saturated rings. The number of nitrogens with one attached hydrogen (secondary N) is 2. The molecule has 3 N–H and O–H groups in total. The molecule has 6 nitrogen and oxygen atoms in total. The zero-order chi connectivity index (χ0) is 22.5. The second-order valence-corrected chi connectivity index (χ2v) is 8.79. The number of H-pyrrole nitrogens is 1. The molecule has 1 amide bonds. The first-order valence-electron chi connectivity index (χ1n) is 10.4. The van der Waals surface area contributed by atoms with Gasteiger partial charge in [-0.3, -0.25) is 9.69 Å². The van der Waals surface area contributed by atoms with Crippen molar-refractivity contribution in [2.24, 2.45) is 0 Å². The lowest BCUT2D eigenvalue weighted by atomic mass is 9.92. The maximum atomic E-state index is 12.7. The number of benzene rings is 1. The summed E-state index contributed by atoms with van der Waals surface area (Å²) in [6.45, 7) is 5.05. The van der Waals surface area contributed by atoms with Gasteiger partial charge >= 0.3 is 0 Å². The van der Waals surface area contributed by atoms with Crippen LogP contribution in [0.1, 0.15) is 32.4 Å². The maximum absolute atomic E-state index is 12.7. The Morgan fingerprint density at radius 3 is 2.58 bits per heavy atom. The normalized spacial score (nSPS) is 22.9. The molecule has 2 heterocycles. The van der Waals surface area contributed by atoms with Crippen LogP contribution in [0.5, 0.6) is 0 Å². The SMILES string of the molecule is COC(=CC=Cc1cc2cc(Cl)c(Cl)cc2[nH]1)C(=O)NC1CC(C)N(CCO)C(C)C1. The molecular weight excluding hydrogens is 437 g/mol. The quantitative estimate of drug-likeness (QED) is 0.322. The lowest BCUT2D eigenvalue weighted by Gasteiger charge is -2.42. The van der Waals surface area contributed by atoms with E-state index >= 15 is 0 Å². The van der Waals surface area contributed by atoms with Gasteiger partial charge in [0.25, 0.3) is 5.91 Å². The van der Waals surface area contributed by atoms with E-state index in [1.165, 1.54) is 7.11 Å². The number of hydrogen-bond donors (Lipinski definition) is 3. The van der Waals surface area contributed by atoms with E-state index in [-0.39, 0.29) is 24.3 Å². The number of hydrogen-bond acceptors (Lipinski definition) is 4. The Morgan fingerprint density at radius 2 is 1.94 bits per heavy atom. The number of methoxy groups -OCH3 is 1. The Balaban J connectivity index is 1.64. The van der Waals surface area contributed by atoms with Crippen molar-refractivity contribution >= 4 is 46.1 Å². The number of aromatic nitrogens is 1. The van der Waals surface area contributed by atoms with E-state index < -0.39 is 0 Å². The molecule has 3 rings (SSSR count). The zero-order valence-corrected chi connectivity index (χ0v) is 19.5. The number of β-amino-alcohol motifs (C(OH)–C–C–N with tert-alkyl or cyclic N) is 1. The number of ether oxygens (including phenoxy) is 1. The molecule has 2 unspecified atom stereocenters. The van der Waals surface area contributed by atoms with Gasteiger partial charge in [-0.25, -0.2) is 0 Å². The highest BCUT2D eigenvalue weighted by molar-refractivity contribution is 6.42. The molecule has 1 aliphatic rings. The number of likely N-dealkylation sites (tertiary alicyclic amines) is 1. The summed E-state index contributed by atoms with van der Waals surface area (Å²) in [4.78, 5) is 18.2. The smallest absolute Gasteiger partial charge is 0.286 e. The summed E-state index contributed by atoms with van der Waals surface area (Å²) in [5.41, 5.74) is 1.75. The van der Waals surface area contributed by atoms with Crippen molar-refractivity contribution in [1.29, 1.82) is 0 Å². The first kappa shape index (κ1) is 23.7. The van der Waals surface area contributed by atoms with Crippen LogP contribution in [0.2, 0.25) is 10.0 Å². The van der Waals surface area contributed by atoms with Crippen LogP contribution in [0.15, 0.2) is 36.1 Å². The van der Waals surface area contributed by atoms with Crippen molar-refractivity contribution in [3.8, 4) is 0 Å². The lowest BCUT2D eigenvalue weighted by Crippen LogP contribution is -2.53. The number of piperidine rings is 1. The Morgan fingerprint density at radius 1 is 1.26 bits per heavy atom. The number of carbonyl (C=O) groups excluding carboxylic acids is 1. The van der Waals surface area contributed by atoms with E-state index in [0.29, 0.717) is 28.7 Å². The number of aliphatic hydroxyl groups is 1. The molecule has 1 aromatic carbocycles. The summed E-state index contributed by atoms with van der Waals surface area (Å²) in [6.07, 6.45) is 6.94. The Bertz CT molecular complexity index is 935. The molecule has 0 spiro atoms. The number of aromatic amines is 1. The van der Waals surface area contributed by atoms with Crippen molar-refractivity contribution in [3.05, 3.63) is 51.8 Å². The minimum Gasteiger partial charge on any atom is -0.491 e. The fourth-order valence-electron chi connectivity index (χ4n) is 4.27. The molecule has 31 heavy (non-hydrogen) atoms. The van der Waals surface area contributed by atoms with E-state index in [1.54, 1.807) is 18.2 Å². The molecule has 0 radical (unpaired) electrons. The molecule has 1 aliphatic heterocycles. The summed E-state index contributed by atoms with van der Waals surface area (Å²) < 4.78 is 5.30. The third-order valence-electron chi connectivity index (χ3n) is 5.73. The van der Waals surface area contributed by atoms with Crippen LogP contribution in [-0.4, -0.2) is 59.3 Å². The average Bonchev–Trinajstić information content (AvgIpc) is 3.09. The number of rotatable bonds is 7. The van der Waals surface area contributed by atoms with Crippen LogP contribution in [-0.2, 0) is 9.53 Å². The monoisotopic (exact) mass is 465 g/mol. The van der Waals surface area contributed by atoms with Crippen LogP contribution in [0.3, 0.4) is 0 Å². The van der Waals surface area contributed by atoms with Crippen LogP contribution in [0.4, 0.5) is 0 Å². The predicted molar refractivity (Wildman–Crippen MR) is 126 cm³/mol. The van der Waals surface area contributed by atoms with Gasteiger partial charge < -0.3 is 20.1 Å². The number of nitrogens with zero attached hydrogens (tertiary/aromatic N) is 1. The Kier molecular flexibility index (Phi) is 8.06. The minimum absolute atomic E-state index is 0.0678. The second kappa shape index (κ2) is 10.6. The predicted octanol–water partition coefficient (Wildman–Crippen LogP) is 4.37. The van der Waals surface area contributed by atoms with E-state index in [0.717, 1.165) is 29.4 Å². The molecule has 2 aromatic rings. The fraction of sp³-hybridized carbons (Fsp3) is 0.435. The molecule has 168 valence electrons. The summed E-state index contributed by atoms with van der Waals surface area (Å²) in [5, 5.41) is 14.3. The molecule has 1 aromatic heterocycles. The Hall–Kier alpha value is -1.99.